The monoisotopic (exact) mass is 474 g/mol. The van der Waals surface area contributed by atoms with Gasteiger partial charge in [0.05, 0.1) is 6.61 Å². The summed E-state index contributed by atoms with van der Waals surface area (Å²) < 4.78 is 19.0. The summed E-state index contributed by atoms with van der Waals surface area (Å²) >= 11 is 0. The third-order valence-electron chi connectivity index (χ3n) is 8.38. The molecule has 1 aromatic carbocycles. The molecule has 8 nitrogen and oxygen atoms in total. The van der Waals surface area contributed by atoms with E-state index >= 15 is 0 Å². The van der Waals surface area contributed by atoms with Crippen molar-refractivity contribution < 1.29 is 28.8 Å². The Kier molecular flexibility index (Phi) is 6.63. The Morgan fingerprint density at radius 1 is 1.15 bits per heavy atom. The summed E-state index contributed by atoms with van der Waals surface area (Å²) in [5.41, 5.74) is 1.27. The third-order valence-corrected chi connectivity index (χ3v) is 8.38. The lowest BCUT2D eigenvalue weighted by Crippen LogP contribution is -2.70. The SMILES string of the molecule is Cc1ccccc1NC(=O)NCCCO[C@@H]1O[C@@H]2O[C@]3(C)CC[C@H]4[C@H](C)CC[C@@H]([C@H]1C)[C@@]24OO3. The van der Waals surface area contributed by atoms with Crippen molar-refractivity contribution in [2.75, 3.05) is 18.5 Å². The Balaban J connectivity index is 1.15. The van der Waals surface area contributed by atoms with Gasteiger partial charge in [0, 0.05) is 30.5 Å². The summed E-state index contributed by atoms with van der Waals surface area (Å²) in [6, 6.07) is 7.50. The van der Waals surface area contributed by atoms with Crippen LogP contribution in [0.25, 0.3) is 0 Å². The number of para-hydroxylation sites is 1. The molecule has 4 saturated heterocycles. The first kappa shape index (κ1) is 24.0. The Hall–Kier alpha value is -1.71. The number of carbonyl (C=O) groups excluding carboxylic acids is 1. The maximum Gasteiger partial charge on any atom is 0.319 e. The van der Waals surface area contributed by atoms with Crippen LogP contribution in [0.15, 0.2) is 24.3 Å². The molecule has 0 aromatic heterocycles. The largest absolute Gasteiger partial charge is 0.352 e. The summed E-state index contributed by atoms with van der Waals surface area (Å²) in [6.45, 7) is 9.40. The zero-order valence-electron chi connectivity index (χ0n) is 20.7. The molecule has 5 aliphatic rings. The molecule has 1 aromatic rings. The Bertz CT molecular complexity index is 898. The molecule has 34 heavy (non-hydrogen) atoms. The summed E-state index contributed by atoms with van der Waals surface area (Å²) in [7, 11) is 0. The van der Waals surface area contributed by atoms with Crippen molar-refractivity contribution in [2.45, 2.75) is 83.8 Å². The van der Waals surface area contributed by atoms with Crippen LogP contribution in [-0.4, -0.2) is 43.2 Å². The van der Waals surface area contributed by atoms with Crippen molar-refractivity contribution in [3.8, 4) is 0 Å². The van der Waals surface area contributed by atoms with Crippen molar-refractivity contribution >= 4 is 11.7 Å². The van der Waals surface area contributed by atoms with Gasteiger partial charge in [-0.15, -0.1) is 0 Å². The van der Waals surface area contributed by atoms with E-state index in [1.807, 2.05) is 38.1 Å². The number of nitrogens with one attached hydrogen (secondary N) is 2. The van der Waals surface area contributed by atoms with Crippen molar-refractivity contribution in [1.82, 2.24) is 5.32 Å². The molecule has 0 radical (unpaired) electrons. The summed E-state index contributed by atoms with van der Waals surface area (Å²) in [6.07, 6.45) is 3.85. The number of rotatable bonds is 6. The first-order chi connectivity index (χ1) is 16.3. The van der Waals surface area contributed by atoms with Crippen LogP contribution in [0.5, 0.6) is 0 Å². The van der Waals surface area contributed by atoms with Gasteiger partial charge in [0.15, 0.2) is 18.2 Å². The molecule has 8 atom stereocenters. The number of benzene rings is 1. The smallest absolute Gasteiger partial charge is 0.319 e. The number of aryl methyl sites for hydroxylation is 1. The van der Waals surface area contributed by atoms with Gasteiger partial charge in [-0.3, -0.25) is 0 Å². The summed E-state index contributed by atoms with van der Waals surface area (Å²) in [5, 5.41) is 5.78. The van der Waals surface area contributed by atoms with Crippen LogP contribution in [-0.2, 0) is 24.0 Å². The second-order valence-corrected chi connectivity index (χ2v) is 10.7. The van der Waals surface area contributed by atoms with Crippen LogP contribution < -0.4 is 10.6 Å². The van der Waals surface area contributed by atoms with Crippen LogP contribution in [0.1, 0.15) is 58.4 Å². The Labute approximate surface area is 201 Å². The normalized spacial score (nSPS) is 40.8. The Morgan fingerprint density at radius 2 is 1.97 bits per heavy atom. The van der Waals surface area contributed by atoms with Crippen molar-refractivity contribution in [3.63, 3.8) is 0 Å². The fourth-order valence-electron chi connectivity index (χ4n) is 6.42. The van der Waals surface area contributed by atoms with E-state index in [9.17, 15) is 4.79 Å². The van der Waals surface area contributed by atoms with Gasteiger partial charge < -0.3 is 24.8 Å². The molecule has 5 fully saturated rings. The number of carbonyl (C=O) groups is 1. The van der Waals surface area contributed by atoms with E-state index in [4.69, 9.17) is 24.0 Å². The van der Waals surface area contributed by atoms with Crippen molar-refractivity contribution in [2.24, 2.45) is 23.7 Å². The zero-order valence-corrected chi connectivity index (χ0v) is 20.7. The van der Waals surface area contributed by atoms with Gasteiger partial charge in [0.2, 0.25) is 5.79 Å². The van der Waals surface area contributed by atoms with Gasteiger partial charge in [-0.05, 0) is 63.0 Å². The maximum absolute atomic E-state index is 12.2. The average molecular weight is 475 g/mol. The lowest BCUT2D eigenvalue weighted by Gasteiger charge is -2.60. The third kappa shape index (κ3) is 4.24. The first-order valence-electron chi connectivity index (χ1n) is 12.7. The Morgan fingerprint density at radius 3 is 2.79 bits per heavy atom. The number of hydrogen-bond donors (Lipinski definition) is 2. The molecule has 1 spiro atoms. The minimum absolute atomic E-state index is 0.151. The number of anilines is 1. The molecule has 188 valence electrons. The second kappa shape index (κ2) is 9.39. The molecule has 1 aliphatic carbocycles. The van der Waals surface area contributed by atoms with Crippen LogP contribution >= 0.6 is 0 Å². The van der Waals surface area contributed by atoms with Gasteiger partial charge in [-0.2, -0.15) is 0 Å². The molecule has 8 heteroatoms. The van der Waals surface area contributed by atoms with E-state index in [2.05, 4.69) is 24.5 Å². The van der Waals surface area contributed by atoms with E-state index < -0.39 is 17.7 Å². The zero-order chi connectivity index (χ0) is 23.9. The highest BCUT2D eigenvalue weighted by Crippen LogP contribution is 2.60. The van der Waals surface area contributed by atoms with Gasteiger partial charge in [-0.1, -0.05) is 32.0 Å². The number of hydrogen-bond acceptors (Lipinski definition) is 6. The fourth-order valence-corrected chi connectivity index (χ4v) is 6.42. The molecule has 0 unspecified atom stereocenters. The predicted octanol–water partition coefficient (Wildman–Crippen LogP) is 4.73. The number of urea groups is 1. The molecule has 4 heterocycles. The highest BCUT2D eigenvalue weighted by Gasteiger charge is 2.69. The molecule has 2 amide bonds. The van der Waals surface area contributed by atoms with E-state index in [-0.39, 0.29) is 24.2 Å². The van der Waals surface area contributed by atoms with Crippen LogP contribution in [0.4, 0.5) is 10.5 Å². The molecule has 6 rings (SSSR count). The highest BCUT2D eigenvalue weighted by atomic mass is 17.3. The average Bonchev–Trinajstić information content (AvgIpc) is 3.04. The molecule has 1 saturated carbocycles. The van der Waals surface area contributed by atoms with Crippen molar-refractivity contribution in [1.29, 1.82) is 0 Å². The van der Waals surface area contributed by atoms with Gasteiger partial charge >= 0.3 is 6.03 Å². The summed E-state index contributed by atoms with van der Waals surface area (Å²) in [5.74, 6) is 0.504. The first-order valence-corrected chi connectivity index (χ1v) is 12.7. The molecule has 2 bridgehead atoms. The van der Waals surface area contributed by atoms with Crippen LogP contribution in [0.2, 0.25) is 0 Å². The predicted molar refractivity (Wildman–Crippen MR) is 126 cm³/mol. The number of fused-ring (bicyclic) bond motifs is 2. The van der Waals surface area contributed by atoms with E-state index in [1.165, 1.54) is 6.42 Å². The van der Waals surface area contributed by atoms with E-state index in [1.54, 1.807) is 0 Å². The molecular formula is C26H38N2O6. The number of ether oxygens (including phenoxy) is 3. The standard InChI is InChI=1S/C26H38N2O6/c1-16-10-11-20-18(3)22(31-23-26(20)19(16)12-13-25(4,32-23)33-34-26)30-15-7-14-27-24(29)28-21-9-6-5-8-17(21)2/h5-6,8-9,16,18-20,22-23H,7,10-15H2,1-4H3,(H2,27,28,29)/t16-,18-,19+,20+,22-,23-,25+,26-/m1/s1. The van der Waals surface area contributed by atoms with E-state index in [0.717, 1.165) is 30.5 Å². The topological polar surface area (TPSA) is 87.3 Å². The fraction of sp³-hybridized carbons (Fsp3) is 0.731. The molecule has 4 aliphatic heterocycles. The molecular weight excluding hydrogens is 436 g/mol. The van der Waals surface area contributed by atoms with Gasteiger partial charge in [-0.25, -0.2) is 14.6 Å². The minimum atomic E-state index is -0.781. The number of amides is 2. The van der Waals surface area contributed by atoms with Crippen molar-refractivity contribution in [3.05, 3.63) is 29.8 Å². The van der Waals surface area contributed by atoms with Gasteiger partial charge in [0.1, 0.15) is 0 Å². The minimum Gasteiger partial charge on any atom is -0.352 e. The lowest BCUT2D eigenvalue weighted by molar-refractivity contribution is -0.577. The van der Waals surface area contributed by atoms with Crippen LogP contribution in [0, 0.1) is 30.6 Å². The highest BCUT2D eigenvalue weighted by molar-refractivity contribution is 5.89. The molecule has 2 N–H and O–H groups in total. The maximum atomic E-state index is 12.2. The second-order valence-electron chi connectivity index (χ2n) is 10.7. The van der Waals surface area contributed by atoms with E-state index in [0.29, 0.717) is 31.4 Å². The summed E-state index contributed by atoms with van der Waals surface area (Å²) in [4.78, 5) is 24.2. The quantitative estimate of drug-likeness (QED) is 0.458. The van der Waals surface area contributed by atoms with Crippen LogP contribution in [0.3, 0.4) is 0 Å². The lowest BCUT2D eigenvalue weighted by atomic mass is 9.58. The van der Waals surface area contributed by atoms with Gasteiger partial charge in [0.25, 0.3) is 0 Å².